The average Bonchev–Trinajstić information content (AvgIpc) is 2.38. The second-order valence-electron chi connectivity index (χ2n) is 4.51. The van der Waals surface area contributed by atoms with E-state index >= 15 is 0 Å². The number of rotatable bonds is 7. The van der Waals surface area contributed by atoms with E-state index in [-0.39, 0.29) is 5.97 Å². The molecule has 1 N–H and O–H groups in total. The van der Waals surface area contributed by atoms with Crippen LogP contribution in [0.15, 0.2) is 12.2 Å². The number of carbonyl (C=O) groups excluding carboxylic acids is 1. The standard InChI is InChI=1S/C13H25N3O2/c1-3-18-13(17)5-4-8-15(2)11-12-16-9-6-14-7-10-16/h4-5,14H,3,6-12H2,1-2H3/b5-4+. The fourth-order valence-electron chi connectivity index (χ4n) is 1.86. The van der Waals surface area contributed by atoms with Gasteiger partial charge in [0.05, 0.1) is 6.61 Å². The van der Waals surface area contributed by atoms with Crippen LogP contribution in [0.2, 0.25) is 0 Å². The van der Waals surface area contributed by atoms with E-state index in [1.165, 1.54) is 6.08 Å². The van der Waals surface area contributed by atoms with Crippen molar-refractivity contribution in [2.24, 2.45) is 0 Å². The normalized spacial score (nSPS) is 17.5. The zero-order valence-corrected chi connectivity index (χ0v) is 11.5. The van der Waals surface area contributed by atoms with Crippen LogP contribution in [-0.4, -0.2) is 75.2 Å². The quantitative estimate of drug-likeness (QED) is 0.510. The minimum absolute atomic E-state index is 0.256. The molecule has 104 valence electrons. The van der Waals surface area contributed by atoms with Crippen LogP contribution in [0.4, 0.5) is 0 Å². The first-order valence-electron chi connectivity index (χ1n) is 6.67. The van der Waals surface area contributed by atoms with E-state index in [9.17, 15) is 4.79 Å². The largest absolute Gasteiger partial charge is 0.463 e. The Labute approximate surface area is 110 Å². The predicted molar refractivity (Wildman–Crippen MR) is 72.6 cm³/mol. The number of nitrogens with zero attached hydrogens (tertiary/aromatic N) is 2. The number of esters is 1. The number of hydrogen-bond donors (Lipinski definition) is 1. The second-order valence-corrected chi connectivity index (χ2v) is 4.51. The van der Waals surface area contributed by atoms with Crippen molar-refractivity contribution in [3.8, 4) is 0 Å². The van der Waals surface area contributed by atoms with Crippen LogP contribution in [0, 0.1) is 0 Å². The van der Waals surface area contributed by atoms with Crippen molar-refractivity contribution in [2.45, 2.75) is 6.92 Å². The van der Waals surface area contributed by atoms with Crippen LogP contribution < -0.4 is 5.32 Å². The number of nitrogens with one attached hydrogen (secondary N) is 1. The zero-order chi connectivity index (χ0) is 13.2. The topological polar surface area (TPSA) is 44.8 Å². The molecule has 0 amide bonds. The van der Waals surface area contributed by atoms with E-state index in [1.54, 1.807) is 0 Å². The van der Waals surface area contributed by atoms with E-state index < -0.39 is 0 Å². The van der Waals surface area contributed by atoms with E-state index in [0.29, 0.717) is 6.61 Å². The lowest BCUT2D eigenvalue weighted by Gasteiger charge is -2.28. The Morgan fingerprint density at radius 2 is 2.17 bits per heavy atom. The summed E-state index contributed by atoms with van der Waals surface area (Å²) in [6, 6.07) is 0. The molecule has 0 saturated carbocycles. The summed E-state index contributed by atoms with van der Waals surface area (Å²) >= 11 is 0. The Balaban J connectivity index is 2.09. The van der Waals surface area contributed by atoms with Gasteiger partial charge >= 0.3 is 5.97 Å². The van der Waals surface area contributed by atoms with Crippen molar-refractivity contribution in [2.75, 3.05) is 59.5 Å². The van der Waals surface area contributed by atoms with E-state index in [2.05, 4.69) is 22.2 Å². The minimum atomic E-state index is -0.256. The molecular weight excluding hydrogens is 230 g/mol. The van der Waals surface area contributed by atoms with Crippen LogP contribution in [0.25, 0.3) is 0 Å². The Morgan fingerprint density at radius 3 is 2.83 bits per heavy atom. The molecule has 0 aromatic carbocycles. The van der Waals surface area contributed by atoms with Gasteiger partial charge in [-0.05, 0) is 14.0 Å². The zero-order valence-electron chi connectivity index (χ0n) is 11.5. The van der Waals surface area contributed by atoms with Gasteiger partial charge in [-0.3, -0.25) is 4.90 Å². The predicted octanol–water partition coefficient (Wildman–Crippen LogP) is -0.0573. The molecule has 0 spiro atoms. The summed E-state index contributed by atoms with van der Waals surface area (Å²) in [5, 5.41) is 3.34. The lowest BCUT2D eigenvalue weighted by atomic mass is 10.3. The minimum Gasteiger partial charge on any atom is -0.463 e. The fourth-order valence-corrected chi connectivity index (χ4v) is 1.86. The van der Waals surface area contributed by atoms with Gasteiger partial charge in [-0.25, -0.2) is 4.79 Å². The fraction of sp³-hybridized carbons (Fsp3) is 0.769. The van der Waals surface area contributed by atoms with E-state index in [0.717, 1.165) is 45.8 Å². The molecule has 1 aliphatic heterocycles. The highest BCUT2D eigenvalue weighted by Crippen LogP contribution is 1.93. The summed E-state index contributed by atoms with van der Waals surface area (Å²) in [5.41, 5.74) is 0. The molecule has 0 aromatic rings. The summed E-state index contributed by atoms with van der Waals surface area (Å²) in [7, 11) is 2.07. The van der Waals surface area contributed by atoms with Crippen LogP contribution in [-0.2, 0) is 9.53 Å². The molecule has 1 rings (SSSR count). The summed E-state index contributed by atoms with van der Waals surface area (Å²) in [5.74, 6) is -0.256. The van der Waals surface area contributed by atoms with Crippen molar-refractivity contribution in [1.29, 1.82) is 0 Å². The molecule has 1 aliphatic rings. The first kappa shape index (κ1) is 15.1. The van der Waals surface area contributed by atoms with Gasteiger partial charge in [0, 0.05) is 51.9 Å². The molecule has 1 fully saturated rings. The number of hydrogen-bond acceptors (Lipinski definition) is 5. The Kier molecular flexibility index (Phi) is 7.64. The molecule has 0 aliphatic carbocycles. The smallest absolute Gasteiger partial charge is 0.330 e. The number of piperazine rings is 1. The Morgan fingerprint density at radius 1 is 1.44 bits per heavy atom. The van der Waals surface area contributed by atoms with Crippen molar-refractivity contribution in [3.05, 3.63) is 12.2 Å². The maximum atomic E-state index is 11.1. The lowest BCUT2D eigenvalue weighted by Crippen LogP contribution is -2.45. The third-order valence-corrected chi connectivity index (χ3v) is 2.97. The highest BCUT2D eigenvalue weighted by molar-refractivity contribution is 5.81. The molecular formula is C13H25N3O2. The van der Waals surface area contributed by atoms with Crippen molar-refractivity contribution in [1.82, 2.24) is 15.1 Å². The third-order valence-electron chi connectivity index (χ3n) is 2.97. The summed E-state index contributed by atoms with van der Waals surface area (Å²) in [6.45, 7) is 9.58. The van der Waals surface area contributed by atoms with Gasteiger partial charge in [0.25, 0.3) is 0 Å². The molecule has 5 heteroatoms. The highest BCUT2D eigenvalue weighted by atomic mass is 16.5. The maximum Gasteiger partial charge on any atom is 0.330 e. The highest BCUT2D eigenvalue weighted by Gasteiger charge is 2.09. The second kappa shape index (κ2) is 9.08. The van der Waals surface area contributed by atoms with Crippen LogP contribution in [0.1, 0.15) is 6.92 Å². The van der Waals surface area contributed by atoms with Crippen molar-refractivity contribution in [3.63, 3.8) is 0 Å². The molecule has 0 bridgehead atoms. The Bertz CT molecular complexity index is 263. The van der Waals surface area contributed by atoms with Gasteiger partial charge < -0.3 is 15.0 Å². The molecule has 1 saturated heterocycles. The number of carbonyl (C=O) groups is 1. The van der Waals surface area contributed by atoms with Gasteiger partial charge in [0.15, 0.2) is 0 Å². The molecule has 0 unspecified atom stereocenters. The molecule has 18 heavy (non-hydrogen) atoms. The van der Waals surface area contributed by atoms with E-state index in [4.69, 9.17) is 4.74 Å². The molecule has 1 heterocycles. The van der Waals surface area contributed by atoms with Gasteiger partial charge in [0.2, 0.25) is 0 Å². The van der Waals surface area contributed by atoms with Gasteiger partial charge in [-0.2, -0.15) is 0 Å². The maximum absolute atomic E-state index is 11.1. The summed E-state index contributed by atoms with van der Waals surface area (Å²) in [4.78, 5) is 15.8. The first-order chi connectivity index (χ1) is 8.72. The van der Waals surface area contributed by atoms with Crippen molar-refractivity contribution >= 4 is 5.97 Å². The summed E-state index contributed by atoms with van der Waals surface area (Å²) in [6.07, 6.45) is 3.36. The monoisotopic (exact) mass is 255 g/mol. The lowest BCUT2D eigenvalue weighted by molar-refractivity contribution is -0.137. The first-order valence-corrected chi connectivity index (χ1v) is 6.67. The number of ether oxygens (including phenoxy) is 1. The van der Waals surface area contributed by atoms with E-state index in [1.807, 2.05) is 13.0 Å². The molecule has 0 aromatic heterocycles. The van der Waals surface area contributed by atoms with Crippen molar-refractivity contribution < 1.29 is 9.53 Å². The third kappa shape index (κ3) is 6.74. The molecule has 0 radical (unpaired) electrons. The van der Waals surface area contributed by atoms with Crippen LogP contribution >= 0.6 is 0 Å². The summed E-state index contributed by atoms with van der Waals surface area (Å²) < 4.78 is 4.82. The van der Waals surface area contributed by atoms with Gasteiger partial charge in [-0.15, -0.1) is 0 Å². The van der Waals surface area contributed by atoms with Crippen LogP contribution in [0.5, 0.6) is 0 Å². The SMILES string of the molecule is CCOC(=O)/C=C/CN(C)CCN1CCNCC1. The number of likely N-dealkylation sites (N-methyl/N-ethyl adjacent to an activating group) is 1. The van der Waals surface area contributed by atoms with Crippen LogP contribution in [0.3, 0.4) is 0 Å². The molecule has 5 nitrogen and oxygen atoms in total. The Hall–Kier alpha value is -0.910. The van der Waals surface area contributed by atoms with Gasteiger partial charge in [0.1, 0.15) is 0 Å². The molecule has 0 atom stereocenters. The average molecular weight is 255 g/mol. The van der Waals surface area contributed by atoms with Gasteiger partial charge in [-0.1, -0.05) is 6.08 Å².